The summed E-state index contributed by atoms with van der Waals surface area (Å²) in [7, 11) is -2.03. The van der Waals surface area contributed by atoms with Crippen molar-refractivity contribution in [3.8, 4) is 0 Å². The van der Waals surface area contributed by atoms with E-state index < -0.39 is 9.29 Å². The Morgan fingerprint density at radius 1 is 1.18 bits per heavy atom. The maximum absolute atomic E-state index is 10.9. The Hall–Kier alpha value is -0.133. The Bertz CT molecular complexity index is 343. The molecule has 0 amide bonds. The van der Waals surface area contributed by atoms with Gasteiger partial charge in [0.05, 0.1) is 4.90 Å². The lowest BCUT2D eigenvalue weighted by atomic mass is 10.4. The fraction of sp³-hybridized carbons (Fsp3) is 0. The van der Waals surface area contributed by atoms with Crippen molar-refractivity contribution in [2.24, 2.45) is 0 Å². The maximum atomic E-state index is 10.9. The fourth-order valence-corrected chi connectivity index (χ4v) is 2.03. The standard InChI is InChI=1S/C6H6BrO2SSi/c7-5-1-3-6(4-2-5)10(8,9)11/h1-4H,11H2. The first-order valence-electron chi connectivity index (χ1n) is 2.84. The molecular weight excluding hydrogens is 244 g/mol. The van der Waals surface area contributed by atoms with Crippen LogP contribution < -0.4 is 0 Å². The van der Waals surface area contributed by atoms with Crippen LogP contribution in [-0.4, -0.2) is 17.8 Å². The average Bonchev–Trinajstić information content (AvgIpc) is 1.86. The lowest BCUT2D eigenvalue weighted by molar-refractivity contribution is 0.609. The molecule has 0 aliphatic heterocycles. The number of rotatable bonds is 1. The summed E-state index contributed by atoms with van der Waals surface area (Å²) >= 11 is 3.22. The zero-order valence-corrected chi connectivity index (χ0v) is 9.44. The van der Waals surface area contributed by atoms with Gasteiger partial charge >= 0.3 is 0 Å². The van der Waals surface area contributed by atoms with Crippen molar-refractivity contribution in [1.82, 2.24) is 0 Å². The van der Waals surface area contributed by atoms with Crippen molar-refractivity contribution < 1.29 is 8.42 Å². The van der Waals surface area contributed by atoms with E-state index in [1.165, 1.54) is 0 Å². The van der Waals surface area contributed by atoms with Gasteiger partial charge in [0.25, 0.3) is 0 Å². The molecule has 0 saturated heterocycles. The highest BCUT2D eigenvalue weighted by Gasteiger charge is 2.04. The molecule has 1 rings (SSSR count). The van der Waals surface area contributed by atoms with Gasteiger partial charge in [-0.05, 0) is 24.3 Å². The van der Waals surface area contributed by atoms with Crippen LogP contribution in [0, 0.1) is 0 Å². The second-order valence-corrected chi connectivity index (χ2v) is 6.97. The first kappa shape index (κ1) is 8.96. The first-order valence-corrected chi connectivity index (χ1v) is 7.01. The van der Waals surface area contributed by atoms with Gasteiger partial charge in [-0.15, -0.1) is 0 Å². The van der Waals surface area contributed by atoms with Gasteiger partial charge in [0.1, 0.15) is 9.29 Å². The van der Waals surface area contributed by atoms with Crippen LogP contribution in [0.4, 0.5) is 0 Å². The molecule has 1 aromatic rings. The lowest BCUT2D eigenvalue weighted by Crippen LogP contribution is -1.97. The van der Waals surface area contributed by atoms with E-state index >= 15 is 0 Å². The third-order valence-electron chi connectivity index (χ3n) is 1.17. The van der Waals surface area contributed by atoms with E-state index in [9.17, 15) is 8.42 Å². The van der Waals surface area contributed by atoms with Crippen molar-refractivity contribution in [3.05, 3.63) is 28.7 Å². The van der Waals surface area contributed by atoms with E-state index in [0.29, 0.717) is 4.90 Å². The van der Waals surface area contributed by atoms with Crippen LogP contribution in [0.15, 0.2) is 33.6 Å². The summed E-state index contributed by atoms with van der Waals surface area (Å²) in [5, 5.41) is 0. The van der Waals surface area contributed by atoms with E-state index in [1.54, 1.807) is 24.3 Å². The molecule has 11 heavy (non-hydrogen) atoms. The number of hydrogen-bond acceptors (Lipinski definition) is 2. The molecule has 0 fully saturated rings. The molecule has 0 aromatic heterocycles. The zero-order chi connectivity index (χ0) is 8.48. The molecule has 0 bridgehead atoms. The first-order chi connectivity index (χ1) is 5.00. The van der Waals surface area contributed by atoms with E-state index in [4.69, 9.17) is 0 Å². The highest BCUT2D eigenvalue weighted by Crippen LogP contribution is 2.13. The normalized spacial score (nSPS) is 11.5. The Morgan fingerprint density at radius 3 is 2.00 bits per heavy atom. The summed E-state index contributed by atoms with van der Waals surface area (Å²) in [4.78, 5) is 0.360. The summed E-state index contributed by atoms with van der Waals surface area (Å²) in [6, 6.07) is 6.57. The Kier molecular flexibility index (Phi) is 2.51. The molecule has 1 aromatic carbocycles. The molecule has 0 saturated carbocycles. The van der Waals surface area contributed by atoms with Crippen molar-refractivity contribution >= 4 is 34.6 Å². The Labute approximate surface area is 76.7 Å². The number of benzene rings is 1. The fourth-order valence-electron chi connectivity index (χ4n) is 0.642. The molecule has 2 nitrogen and oxygen atoms in total. The molecule has 0 N–H and O–H groups in total. The highest BCUT2D eigenvalue weighted by atomic mass is 79.9. The molecule has 5 heteroatoms. The molecule has 59 valence electrons. The highest BCUT2D eigenvalue weighted by molar-refractivity contribution is 9.10. The molecular formula is C6H6BrO2SSi. The molecule has 0 atom stereocenters. The van der Waals surface area contributed by atoms with Crippen molar-refractivity contribution in [2.45, 2.75) is 4.90 Å². The van der Waals surface area contributed by atoms with Crippen molar-refractivity contribution in [3.63, 3.8) is 0 Å². The van der Waals surface area contributed by atoms with Crippen molar-refractivity contribution in [1.29, 1.82) is 0 Å². The summed E-state index contributed by atoms with van der Waals surface area (Å²) in [5.74, 6) is 0. The van der Waals surface area contributed by atoms with Gasteiger partial charge in [-0.3, -0.25) is 0 Å². The predicted molar refractivity (Wildman–Crippen MR) is 49.9 cm³/mol. The van der Waals surface area contributed by atoms with Gasteiger partial charge in [0, 0.05) is 4.47 Å². The molecule has 1 radical (unpaired) electrons. The number of halogens is 1. The Balaban J connectivity index is 3.20. The van der Waals surface area contributed by atoms with Gasteiger partial charge in [0.2, 0.25) is 0 Å². The van der Waals surface area contributed by atoms with Gasteiger partial charge < -0.3 is 0 Å². The van der Waals surface area contributed by atoms with Gasteiger partial charge in [-0.2, -0.15) is 0 Å². The maximum Gasteiger partial charge on any atom is 0.174 e. The lowest BCUT2D eigenvalue weighted by Gasteiger charge is -1.96. The molecule has 0 spiro atoms. The number of hydrogen-bond donors (Lipinski definition) is 0. The second-order valence-electron chi connectivity index (χ2n) is 2.07. The predicted octanol–water partition coefficient (Wildman–Crippen LogP) is 0.771. The van der Waals surface area contributed by atoms with Gasteiger partial charge in [-0.25, -0.2) is 8.42 Å². The van der Waals surface area contributed by atoms with E-state index in [1.807, 2.05) is 0 Å². The van der Waals surface area contributed by atoms with Gasteiger partial charge in [0.15, 0.2) is 9.39 Å². The van der Waals surface area contributed by atoms with Crippen LogP contribution in [0.25, 0.3) is 0 Å². The topological polar surface area (TPSA) is 34.1 Å². The summed E-state index contributed by atoms with van der Waals surface area (Å²) in [6.07, 6.45) is 0. The third-order valence-corrected chi connectivity index (χ3v) is 3.69. The van der Waals surface area contributed by atoms with Crippen LogP contribution in [0.3, 0.4) is 0 Å². The minimum absolute atomic E-state index is 0.360. The van der Waals surface area contributed by atoms with Crippen LogP contribution in [0.2, 0.25) is 0 Å². The molecule has 0 unspecified atom stereocenters. The molecule has 0 aliphatic carbocycles. The summed E-state index contributed by atoms with van der Waals surface area (Å²) in [5.41, 5.74) is 0. The average molecular weight is 250 g/mol. The Morgan fingerprint density at radius 2 is 1.64 bits per heavy atom. The van der Waals surface area contributed by atoms with Crippen LogP contribution in [-0.2, 0) is 9.29 Å². The summed E-state index contributed by atoms with van der Waals surface area (Å²) in [6.45, 7) is 0. The van der Waals surface area contributed by atoms with Crippen LogP contribution in [0.1, 0.15) is 0 Å². The van der Waals surface area contributed by atoms with Crippen molar-refractivity contribution in [2.75, 3.05) is 0 Å². The second kappa shape index (κ2) is 3.08. The molecule has 0 heterocycles. The third kappa shape index (κ3) is 2.43. The van der Waals surface area contributed by atoms with E-state index in [-0.39, 0.29) is 0 Å². The van der Waals surface area contributed by atoms with E-state index in [0.717, 1.165) is 13.9 Å². The smallest absolute Gasteiger partial charge is 0.174 e. The largest absolute Gasteiger partial charge is 0.232 e. The van der Waals surface area contributed by atoms with Crippen LogP contribution >= 0.6 is 15.9 Å². The summed E-state index contributed by atoms with van der Waals surface area (Å²) < 4.78 is 22.8. The minimum Gasteiger partial charge on any atom is -0.232 e. The van der Waals surface area contributed by atoms with E-state index in [2.05, 4.69) is 15.9 Å². The van der Waals surface area contributed by atoms with Crippen LogP contribution in [0.5, 0.6) is 0 Å². The minimum atomic E-state index is -3.01. The quantitative estimate of drug-likeness (QED) is 0.690. The molecule has 0 aliphatic rings. The SMILES string of the molecule is O=S(=O)([SiH2])c1ccc(Br)cc1. The zero-order valence-electron chi connectivity index (χ0n) is 5.62. The van der Waals surface area contributed by atoms with Gasteiger partial charge in [-0.1, -0.05) is 15.9 Å². The monoisotopic (exact) mass is 249 g/mol.